The van der Waals surface area contributed by atoms with Gasteiger partial charge in [0.1, 0.15) is 0 Å². The first-order valence-electron chi connectivity index (χ1n) is 7.71. The first-order valence-corrected chi connectivity index (χ1v) is 7.71. The van der Waals surface area contributed by atoms with E-state index in [1.165, 1.54) is 64.8 Å². The molecule has 0 spiro atoms. The van der Waals surface area contributed by atoms with Crippen molar-refractivity contribution in [3.63, 3.8) is 0 Å². The van der Waals surface area contributed by atoms with Gasteiger partial charge in [0.2, 0.25) is 0 Å². The van der Waals surface area contributed by atoms with E-state index in [2.05, 4.69) is 24.1 Å². The fourth-order valence-corrected chi connectivity index (χ4v) is 3.54. The minimum atomic E-state index is 0.824. The van der Waals surface area contributed by atoms with Crippen LogP contribution in [0.1, 0.15) is 46.0 Å². The third-order valence-corrected chi connectivity index (χ3v) is 4.73. The Morgan fingerprint density at radius 3 is 2.53 bits per heavy atom. The van der Waals surface area contributed by atoms with Crippen molar-refractivity contribution in [3.8, 4) is 0 Å². The van der Waals surface area contributed by atoms with Crippen molar-refractivity contribution in [2.24, 2.45) is 17.8 Å². The smallest absolute Gasteiger partial charge is 0.0107 e. The summed E-state index contributed by atoms with van der Waals surface area (Å²) in [7, 11) is 0. The maximum Gasteiger partial charge on any atom is 0.0107 e. The second-order valence-electron chi connectivity index (χ2n) is 6.36. The molecule has 1 unspecified atom stereocenters. The zero-order chi connectivity index (χ0) is 12.1. The molecule has 1 aliphatic carbocycles. The zero-order valence-corrected chi connectivity index (χ0v) is 11.8. The molecule has 1 saturated carbocycles. The van der Waals surface area contributed by atoms with Gasteiger partial charge in [-0.15, -0.1) is 0 Å². The zero-order valence-electron chi connectivity index (χ0n) is 11.8. The van der Waals surface area contributed by atoms with E-state index in [1.807, 2.05) is 0 Å². The topological polar surface area (TPSA) is 15.3 Å². The molecular weight excluding hydrogens is 208 g/mol. The summed E-state index contributed by atoms with van der Waals surface area (Å²) < 4.78 is 0. The van der Waals surface area contributed by atoms with E-state index in [0.29, 0.717) is 0 Å². The molecule has 0 bridgehead atoms. The SMILES string of the molecule is CCC1CCC(CN2CCNCC(C)C2)CC1. The fraction of sp³-hybridized carbons (Fsp3) is 1.00. The molecule has 2 heteroatoms. The van der Waals surface area contributed by atoms with E-state index < -0.39 is 0 Å². The van der Waals surface area contributed by atoms with Gasteiger partial charge < -0.3 is 10.2 Å². The standard InChI is InChI=1S/C15H30N2/c1-3-14-4-6-15(7-5-14)12-17-9-8-16-10-13(2)11-17/h13-16H,3-12H2,1-2H3. The molecule has 1 N–H and O–H groups in total. The number of hydrogen-bond donors (Lipinski definition) is 1. The highest BCUT2D eigenvalue weighted by Gasteiger charge is 2.23. The lowest BCUT2D eigenvalue weighted by Gasteiger charge is -2.32. The van der Waals surface area contributed by atoms with Crippen LogP contribution in [-0.2, 0) is 0 Å². The first kappa shape index (κ1) is 13.4. The van der Waals surface area contributed by atoms with Gasteiger partial charge in [0.15, 0.2) is 0 Å². The Labute approximate surface area is 107 Å². The number of nitrogens with zero attached hydrogens (tertiary/aromatic N) is 1. The van der Waals surface area contributed by atoms with Gasteiger partial charge in [0.25, 0.3) is 0 Å². The van der Waals surface area contributed by atoms with E-state index >= 15 is 0 Å². The predicted molar refractivity (Wildman–Crippen MR) is 74.2 cm³/mol. The highest BCUT2D eigenvalue weighted by molar-refractivity contribution is 4.77. The van der Waals surface area contributed by atoms with Crippen molar-refractivity contribution < 1.29 is 0 Å². The molecule has 1 heterocycles. The van der Waals surface area contributed by atoms with Crippen LogP contribution >= 0.6 is 0 Å². The number of rotatable bonds is 3. The molecule has 0 aromatic rings. The maximum absolute atomic E-state index is 3.54. The van der Waals surface area contributed by atoms with E-state index in [0.717, 1.165) is 17.8 Å². The third kappa shape index (κ3) is 4.26. The second kappa shape index (κ2) is 6.75. The van der Waals surface area contributed by atoms with Gasteiger partial charge in [-0.3, -0.25) is 0 Å². The Morgan fingerprint density at radius 2 is 1.82 bits per heavy atom. The lowest BCUT2D eigenvalue weighted by Crippen LogP contribution is -2.35. The van der Waals surface area contributed by atoms with Crippen molar-refractivity contribution in [1.29, 1.82) is 0 Å². The average molecular weight is 238 g/mol. The van der Waals surface area contributed by atoms with Crippen LogP contribution in [0.2, 0.25) is 0 Å². The van der Waals surface area contributed by atoms with Gasteiger partial charge >= 0.3 is 0 Å². The quantitative estimate of drug-likeness (QED) is 0.813. The molecule has 1 atom stereocenters. The molecule has 17 heavy (non-hydrogen) atoms. The Balaban J connectivity index is 1.73. The summed E-state index contributed by atoms with van der Waals surface area (Å²) in [5, 5.41) is 3.54. The first-order chi connectivity index (χ1) is 8.28. The normalized spacial score (nSPS) is 36.7. The summed E-state index contributed by atoms with van der Waals surface area (Å²) in [5.74, 6) is 2.85. The van der Waals surface area contributed by atoms with Gasteiger partial charge in [-0.1, -0.05) is 33.1 Å². The summed E-state index contributed by atoms with van der Waals surface area (Å²) in [5.41, 5.74) is 0. The summed E-state index contributed by atoms with van der Waals surface area (Å²) in [6.07, 6.45) is 7.34. The van der Waals surface area contributed by atoms with Crippen LogP contribution in [0.25, 0.3) is 0 Å². The number of nitrogens with one attached hydrogen (secondary N) is 1. The van der Waals surface area contributed by atoms with Crippen LogP contribution in [0.5, 0.6) is 0 Å². The van der Waals surface area contributed by atoms with Crippen LogP contribution in [0.3, 0.4) is 0 Å². The van der Waals surface area contributed by atoms with Crippen molar-refractivity contribution in [3.05, 3.63) is 0 Å². The Morgan fingerprint density at radius 1 is 1.12 bits per heavy atom. The van der Waals surface area contributed by atoms with Crippen LogP contribution < -0.4 is 5.32 Å². The van der Waals surface area contributed by atoms with E-state index in [9.17, 15) is 0 Å². The molecule has 0 aromatic heterocycles. The Kier molecular flexibility index (Phi) is 5.30. The molecule has 0 aromatic carbocycles. The molecule has 100 valence electrons. The summed E-state index contributed by atoms with van der Waals surface area (Å²) in [6, 6.07) is 0. The monoisotopic (exact) mass is 238 g/mol. The molecule has 1 aliphatic heterocycles. The van der Waals surface area contributed by atoms with E-state index in [1.54, 1.807) is 0 Å². The Bertz CT molecular complexity index is 209. The second-order valence-corrected chi connectivity index (χ2v) is 6.36. The van der Waals surface area contributed by atoms with Gasteiger partial charge in [-0.25, -0.2) is 0 Å². The van der Waals surface area contributed by atoms with Gasteiger partial charge in [0.05, 0.1) is 0 Å². The summed E-state index contributed by atoms with van der Waals surface area (Å²) in [6.45, 7) is 11.1. The van der Waals surface area contributed by atoms with Crippen molar-refractivity contribution in [2.75, 3.05) is 32.7 Å². The van der Waals surface area contributed by atoms with E-state index in [4.69, 9.17) is 0 Å². The van der Waals surface area contributed by atoms with Crippen LogP contribution in [-0.4, -0.2) is 37.6 Å². The minimum absolute atomic E-state index is 0.824. The summed E-state index contributed by atoms with van der Waals surface area (Å²) in [4.78, 5) is 2.71. The highest BCUT2D eigenvalue weighted by atomic mass is 15.2. The largest absolute Gasteiger partial charge is 0.315 e. The Hall–Kier alpha value is -0.0800. The van der Waals surface area contributed by atoms with Crippen molar-refractivity contribution in [1.82, 2.24) is 10.2 Å². The van der Waals surface area contributed by atoms with Crippen LogP contribution in [0.4, 0.5) is 0 Å². The lowest BCUT2D eigenvalue weighted by molar-refractivity contribution is 0.175. The average Bonchev–Trinajstić information content (AvgIpc) is 2.55. The molecule has 2 rings (SSSR count). The molecule has 2 aliphatic rings. The third-order valence-electron chi connectivity index (χ3n) is 4.73. The van der Waals surface area contributed by atoms with Gasteiger partial charge in [-0.05, 0) is 37.1 Å². The van der Waals surface area contributed by atoms with Gasteiger partial charge in [-0.2, -0.15) is 0 Å². The highest BCUT2D eigenvalue weighted by Crippen LogP contribution is 2.31. The summed E-state index contributed by atoms with van der Waals surface area (Å²) >= 11 is 0. The van der Waals surface area contributed by atoms with Gasteiger partial charge in [0, 0.05) is 26.2 Å². The lowest BCUT2D eigenvalue weighted by atomic mass is 9.80. The molecule has 1 saturated heterocycles. The minimum Gasteiger partial charge on any atom is -0.315 e. The van der Waals surface area contributed by atoms with E-state index in [-0.39, 0.29) is 0 Å². The van der Waals surface area contributed by atoms with Crippen LogP contribution in [0.15, 0.2) is 0 Å². The van der Waals surface area contributed by atoms with Crippen LogP contribution in [0, 0.1) is 17.8 Å². The maximum atomic E-state index is 3.54. The van der Waals surface area contributed by atoms with Crippen molar-refractivity contribution in [2.45, 2.75) is 46.0 Å². The molecule has 2 fully saturated rings. The molecule has 0 amide bonds. The fourth-order valence-electron chi connectivity index (χ4n) is 3.54. The predicted octanol–water partition coefficient (Wildman–Crippen LogP) is 2.74. The molecular formula is C15H30N2. The number of hydrogen-bond acceptors (Lipinski definition) is 2. The van der Waals surface area contributed by atoms with Crippen molar-refractivity contribution >= 4 is 0 Å². The molecule has 2 nitrogen and oxygen atoms in total. The molecule has 0 radical (unpaired) electrons.